The zero-order valence-corrected chi connectivity index (χ0v) is 20.6. The van der Waals surface area contributed by atoms with Gasteiger partial charge in [-0.3, -0.25) is 0 Å². The van der Waals surface area contributed by atoms with Crippen LogP contribution in [-0.4, -0.2) is 103 Å². The van der Waals surface area contributed by atoms with E-state index in [9.17, 15) is 10.2 Å². The third-order valence-electron chi connectivity index (χ3n) is 4.45. The molecule has 1 rings (SSSR count). The van der Waals surface area contributed by atoms with Crippen LogP contribution in [0.4, 0.5) is 0 Å². The highest BCUT2D eigenvalue weighted by Crippen LogP contribution is 2.29. The second-order valence-electron chi connectivity index (χ2n) is 6.92. The lowest BCUT2D eigenvalue weighted by atomic mass is 10.1. The van der Waals surface area contributed by atoms with Crippen molar-refractivity contribution in [2.24, 2.45) is 0 Å². The third-order valence-corrected chi connectivity index (χ3v) is 4.45. The largest absolute Gasteiger partial charge is 0.491 e. The maximum Gasteiger partial charge on any atom is 0.125 e. The summed E-state index contributed by atoms with van der Waals surface area (Å²) < 4.78 is 43.5. The summed E-state index contributed by atoms with van der Waals surface area (Å²) in [6.07, 6.45) is 0. The van der Waals surface area contributed by atoms with E-state index in [1.807, 2.05) is 13.8 Å². The minimum Gasteiger partial charge on any atom is -0.491 e. The number of hydrogen-bond donors (Lipinski definition) is 2. The van der Waals surface area contributed by atoms with Crippen molar-refractivity contribution >= 4 is 0 Å². The van der Waals surface area contributed by atoms with Crippen molar-refractivity contribution < 1.29 is 48.1 Å². The molecular weight excluding hydrogens is 448 g/mol. The zero-order valence-electron chi connectivity index (χ0n) is 20.6. The van der Waals surface area contributed by atoms with Gasteiger partial charge in [0, 0.05) is 24.3 Å². The monoisotopic (exact) mass is 490 g/mol. The lowest BCUT2D eigenvalue weighted by molar-refractivity contribution is 0.0110. The highest BCUT2D eigenvalue weighted by atomic mass is 16.6. The zero-order chi connectivity index (χ0) is 24.7. The van der Waals surface area contributed by atoms with Crippen LogP contribution in [0.25, 0.3) is 0 Å². The summed E-state index contributed by atoms with van der Waals surface area (Å²) in [4.78, 5) is 0. The number of aliphatic hydroxyl groups is 2. The second-order valence-corrected chi connectivity index (χ2v) is 6.92. The first-order chi connectivity index (χ1) is 16.8. The molecule has 0 fully saturated rings. The first kappa shape index (κ1) is 30.5. The number of hydrogen-bond acceptors (Lipinski definition) is 10. The number of benzene rings is 1. The molecule has 0 aliphatic carbocycles. The smallest absolute Gasteiger partial charge is 0.125 e. The van der Waals surface area contributed by atoms with E-state index in [-0.39, 0.29) is 13.2 Å². The summed E-state index contributed by atoms with van der Waals surface area (Å²) in [5.41, 5.74) is 1.13. The van der Waals surface area contributed by atoms with Crippen LogP contribution >= 0.6 is 0 Å². The molecule has 0 spiro atoms. The fourth-order valence-corrected chi connectivity index (χ4v) is 2.75. The third kappa shape index (κ3) is 14.7. The molecule has 0 saturated heterocycles. The maximum atomic E-state index is 9.71. The number of aliphatic hydroxyl groups excluding tert-OH is 2. The predicted molar refractivity (Wildman–Crippen MR) is 126 cm³/mol. The van der Waals surface area contributed by atoms with Crippen LogP contribution in [0.5, 0.6) is 11.5 Å². The van der Waals surface area contributed by atoms with Gasteiger partial charge in [-0.25, -0.2) is 0 Å². The minimum absolute atomic E-state index is 0.221. The van der Waals surface area contributed by atoms with Gasteiger partial charge in [-0.05, 0) is 26.0 Å². The molecule has 0 bridgehead atoms. The summed E-state index contributed by atoms with van der Waals surface area (Å²) in [6, 6.07) is 3.34. The van der Waals surface area contributed by atoms with E-state index in [1.54, 1.807) is 12.1 Å². The molecule has 10 heteroatoms. The molecule has 1 aromatic carbocycles. The Bertz CT molecular complexity index is 548. The van der Waals surface area contributed by atoms with Crippen molar-refractivity contribution in [1.82, 2.24) is 0 Å². The lowest BCUT2D eigenvalue weighted by Crippen LogP contribution is -2.14. The van der Waals surface area contributed by atoms with Gasteiger partial charge in [0.05, 0.1) is 79.3 Å². The lowest BCUT2D eigenvalue weighted by Gasteiger charge is -2.16. The summed E-state index contributed by atoms with van der Waals surface area (Å²) in [5.74, 6) is 0.965. The van der Waals surface area contributed by atoms with Crippen LogP contribution in [0.1, 0.15) is 25.0 Å². The predicted octanol–water partition coefficient (Wildman–Crippen LogP) is 1.57. The van der Waals surface area contributed by atoms with Crippen molar-refractivity contribution in [1.29, 1.82) is 0 Å². The molecule has 0 amide bonds. The van der Waals surface area contributed by atoms with Crippen LogP contribution in [0.15, 0.2) is 12.1 Å². The van der Waals surface area contributed by atoms with Crippen molar-refractivity contribution in [3.63, 3.8) is 0 Å². The summed E-state index contributed by atoms with van der Waals surface area (Å²) >= 11 is 0. The molecule has 198 valence electrons. The molecule has 34 heavy (non-hydrogen) atoms. The first-order valence-electron chi connectivity index (χ1n) is 11.9. The van der Waals surface area contributed by atoms with Crippen LogP contribution in [0.2, 0.25) is 0 Å². The first-order valence-corrected chi connectivity index (χ1v) is 11.9. The number of ether oxygens (including phenoxy) is 8. The average molecular weight is 491 g/mol. The van der Waals surface area contributed by atoms with E-state index < -0.39 is 0 Å². The molecule has 0 aromatic heterocycles. The summed E-state index contributed by atoms with van der Waals surface area (Å²) in [6.45, 7) is 10.3. The molecule has 0 aliphatic heterocycles. The Balaban J connectivity index is 2.28. The van der Waals surface area contributed by atoms with Gasteiger partial charge in [-0.15, -0.1) is 0 Å². The topological polar surface area (TPSA) is 114 Å². The van der Waals surface area contributed by atoms with Gasteiger partial charge in [0.25, 0.3) is 0 Å². The van der Waals surface area contributed by atoms with Crippen molar-refractivity contribution in [3.05, 3.63) is 23.3 Å². The minimum atomic E-state index is -0.221. The molecule has 1 aromatic rings. The van der Waals surface area contributed by atoms with Crippen LogP contribution in [0.3, 0.4) is 0 Å². The van der Waals surface area contributed by atoms with E-state index in [1.165, 1.54) is 0 Å². The Morgan fingerprint density at radius 1 is 0.471 bits per heavy atom. The van der Waals surface area contributed by atoms with E-state index in [0.717, 1.165) is 0 Å². The molecule has 2 N–H and O–H groups in total. The summed E-state index contributed by atoms with van der Waals surface area (Å²) in [7, 11) is 0. The van der Waals surface area contributed by atoms with E-state index in [0.29, 0.717) is 115 Å². The van der Waals surface area contributed by atoms with Gasteiger partial charge < -0.3 is 48.1 Å². The molecule has 0 unspecified atom stereocenters. The Morgan fingerprint density at radius 2 is 0.765 bits per heavy atom. The molecular formula is C24H42O10. The standard InChI is InChI=1S/C24H42O10/c1-3-27-5-7-29-9-11-31-13-15-33-23-17-22(20-26)24(18-21(23)19-25)34-16-14-32-12-10-30-8-6-28-4-2/h17-18,25-26H,3-16,19-20H2,1-2H3. The van der Waals surface area contributed by atoms with Crippen LogP contribution in [0, 0.1) is 0 Å². The van der Waals surface area contributed by atoms with E-state index >= 15 is 0 Å². The van der Waals surface area contributed by atoms with Gasteiger partial charge in [0.2, 0.25) is 0 Å². The van der Waals surface area contributed by atoms with Gasteiger partial charge in [-0.1, -0.05) is 0 Å². The molecule has 0 aliphatic rings. The Labute approximate surface area is 202 Å². The van der Waals surface area contributed by atoms with Gasteiger partial charge in [0.1, 0.15) is 24.7 Å². The Kier molecular flexibility index (Phi) is 19.8. The molecule has 0 saturated carbocycles. The Hall–Kier alpha value is -1.50. The van der Waals surface area contributed by atoms with Crippen molar-refractivity contribution in [2.45, 2.75) is 27.1 Å². The van der Waals surface area contributed by atoms with Gasteiger partial charge in [-0.2, -0.15) is 0 Å². The van der Waals surface area contributed by atoms with Crippen molar-refractivity contribution in [3.8, 4) is 11.5 Å². The van der Waals surface area contributed by atoms with E-state index in [2.05, 4.69) is 0 Å². The Morgan fingerprint density at radius 3 is 1.06 bits per heavy atom. The van der Waals surface area contributed by atoms with Crippen LogP contribution in [-0.2, 0) is 41.6 Å². The fourth-order valence-electron chi connectivity index (χ4n) is 2.75. The molecule has 0 heterocycles. The SMILES string of the molecule is CCOCCOCCOCCOc1cc(CO)c(OCCOCCOCCOCC)cc1CO. The fraction of sp³-hybridized carbons (Fsp3) is 0.750. The van der Waals surface area contributed by atoms with Gasteiger partial charge >= 0.3 is 0 Å². The molecule has 10 nitrogen and oxygen atoms in total. The second kappa shape index (κ2) is 22.0. The van der Waals surface area contributed by atoms with Crippen LogP contribution < -0.4 is 9.47 Å². The highest BCUT2D eigenvalue weighted by Gasteiger charge is 2.12. The van der Waals surface area contributed by atoms with Gasteiger partial charge in [0.15, 0.2) is 0 Å². The molecule has 0 radical (unpaired) electrons. The molecule has 0 atom stereocenters. The average Bonchev–Trinajstić information content (AvgIpc) is 2.86. The van der Waals surface area contributed by atoms with E-state index in [4.69, 9.17) is 37.9 Å². The quantitative estimate of drug-likeness (QED) is 0.207. The normalized spacial score (nSPS) is 11.2. The highest BCUT2D eigenvalue weighted by molar-refractivity contribution is 5.46. The maximum absolute atomic E-state index is 9.71. The number of rotatable bonds is 24. The van der Waals surface area contributed by atoms with Crippen molar-refractivity contribution in [2.75, 3.05) is 92.5 Å². The summed E-state index contributed by atoms with van der Waals surface area (Å²) in [5, 5.41) is 19.4.